The highest BCUT2D eigenvalue weighted by molar-refractivity contribution is 6.04. The molecule has 35 heavy (non-hydrogen) atoms. The zero-order valence-electron chi connectivity index (χ0n) is 17.9. The molecular formula is C21H18N8O6. The lowest BCUT2D eigenvalue weighted by Crippen LogP contribution is -2.55. The number of anilines is 2. The Morgan fingerprint density at radius 1 is 1.14 bits per heavy atom. The van der Waals surface area contributed by atoms with Crippen LogP contribution < -0.4 is 16.0 Å². The largest absolute Gasteiger partial charge is 0.460 e. The van der Waals surface area contributed by atoms with Gasteiger partial charge in [0, 0.05) is 29.0 Å². The molecule has 0 aliphatic carbocycles. The van der Waals surface area contributed by atoms with Crippen LogP contribution >= 0.6 is 0 Å². The van der Waals surface area contributed by atoms with E-state index in [9.17, 15) is 19.5 Å². The number of aromatic amines is 2. The number of benzene rings is 2. The number of morpholine rings is 1. The third kappa shape index (κ3) is 4.55. The predicted octanol–water partition coefficient (Wildman–Crippen LogP) is -0.0586. The molecule has 2 amide bonds. The average molecular weight is 478 g/mol. The summed E-state index contributed by atoms with van der Waals surface area (Å²) in [4.78, 5) is 41.9. The summed E-state index contributed by atoms with van der Waals surface area (Å²) < 4.78 is 9.99. The summed E-state index contributed by atoms with van der Waals surface area (Å²) in [7, 11) is 0. The molecule has 1 saturated heterocycles. The van der Waals surface area contributed by atoms with Crippen LogP contribution in [0.4, 0.5) is 11.4 Å². The molecule has 178 valence electrons. The van der Waals surface area contributed by atoms with Crippen molar-refractivity contribution in [3.05, 3.63) is 59.1 Å². The normalized spacial score (nSPS) is 16.8. The molecule has 5 rings (SSSR count). The van der Waals surface area contributed by atoms with Gasteiger partial charge in [-0.1, -0.05) is 12.1 Å². The third-order valence-electron chi connectivity index (χ3n) is 5.32. The van der Waals surface area contributed by atoms with Crippen molar-refractivity contribution in [2.24, 2.45) is 0 Å². The molecule has 2 unspecified atom stereocenters. The van der Waals surface area contributed by atoms with Gasteiger partial charge in [0.1, 0.15) is 0 Å². The molecule has 0 radical (unpaired) electrons. The first kappa shape index (κ1) is 22.1. The predicted molar refractivity (Wildman–Crippen MR) is 119 cm³/mol. The van der Waals surface area contributed by atoms with Gasteiger partial charge in [0.15, 0.2) is 23.9 Å². The van der Waals surface area contributed by atoms with Crippen molar-refractivity contribution in [2.75, 3.05) is 23.4 Å². The van der Waals surface area contributed by atoms with E-state index < -0.39 is 29.8 Å². The Kier molecular flexibility index (Phi) is 5.87. The van der Waals surface area contributed by atoms with Crippen LogP contribution in [0.15, 0.2) is 57.8 Å². The first-order valence-electron chi connectivity index (χ1n) is 10.4. The van der Waals surface area contributed by atoms with E-state index in [0.717, 1.165) is 0 Å². The number of rotatable bonds is 6. The standard InChI is InChI=1S/C21H18N8O6/c30-15(19(31)22-13-6-4-11(5-7-13)17-23-21(33)35-26-17)16-20(32)29(8-9-34-16)14-3-1-2-12(10-14)18-24-27-28-25-18/h1-7,10,15-16,30H,8-9H2,(H,22,31)(H,23,26,33)(H,24,25,27,28). The van der Waals surface area contributed by atoms with E-state index in [0.29, 0.717) is 28.3 Å². The summed E-state index contributed by atoms with van der Waals surface area (Å²) in [5.41, 5.74) is 2.13. The van der Waals surface area contributed by atoms with Crippen LogP contribution in [0, 0.1) is 0 Å². The van der Waals surface area contributed by atoms with Gasteiger partial charge in [-0.3, -0.25) is 9.59 Å². The number of aliphatic hydroxyl groups excluding tert-OH is 1. The maximum absolute atomic E-state index is 13.1. The summed E-state index contributed by atoms with van der Waals surface area (Å²) in [5, 5.41) is 29.1. The fourth-order valence-electron chi connectivity index (χ4n) is 3.61. The molecule has 2 aromatic carbocycles. The van der Waals surface area contributed by atoms with E-state index in [1.807, 2.05) is 0 Å². The van der Waals surface area contributed by atoms with Crippen LogP contribution in [0.3, 0.4) is 0 Å². The van der Waals surface area contributed by atoms with Crippen LogP contribution in [-0.4, -0.2) is 73.0 Å². The van der Waals surface area contributed by atoms with Gasteiger partial charge in [-0.05, 0) is 46.8 Å². The molecule has 14 heteroatoms. The van der Waals surface area contributed by atoms with Gasteiger partial charge in [0.25, 0.3) is 11.8 Å². The molecule has 0 spiro atoms. The minimum atomic E-state index is -1.75. The second-order valence-electron chi connectivity index (χ2n) is 7.52. The Bertz CT molecular complexity index is 1400. The SMILES string of the molecule is O=C(Nc1ccc(-c2nc(=O)o[nH]2)cc1)C(O)C1OCCN(c2cccc(-c3nnn[nH]3)c2)C1=O. The summed E-state index contributed by atoms with van der Waals surface area (Å²) in [5.74, 6) is -1.46. The van der Waals surface area contributed by atoms with Crippen molar-refractivity contribution in [2.45, 2.75) is 12.2 Å². The smallest absolute Gasteiger partial charge is 0.380 e. The van der Waals surface area contributed by atoms with E-state index in [-0.39, 0.29) is 19.0 Å². The number of nitrogens with zero attached hydrogens (tertiary/aromatic N) is 5. The van der Waals surface area contributed by atoms with Crippen molar-refractivity contribution >= 4 is 23.2 Å². The first-order chi connectivity index (χ1) is 17.0. The quantitative estimate of drug-likeness (QED) is 0.292. The van der Waals surface area contributed by atoms with Crippen molar-refractivity contribution in [1.82, 2.24) is 30.8 Å². The second kappa shape index (κ2) is 9.28. The molecule has 2 atom stereocenters. The van der Waals surface area contributed by atoms with Gasteiger partial charge in [-0.2, -0.15) is 10.1 Å². The molecular weight excluding hydrogens is 460 g/mol. The van der Waals surface area contributed by atoms with E-state index in [4.69, 9.17) is 4.74 Å². The number of nitrogens with one attached hydrogen (secondary N) is 3. The number of tetrazole rings is 1. The molecule has 2 aromatic heterocycles. The lowest BCUT2D eigenvalue weighted by atomic mass is 10.1. The monoisotopic (exact) mass is 478 g/mol. The molecule has 1 aliphatic heterocycles. The second-order valence-corrected chi connectivity index (χ2v) is 7.52. The maximum atomic E-state index is 13.1. The third-order valence-corrected chi connectivity index (χ3v) is 5.32. The maximum Gasteiger partial charge on any atom is 0.460 e. The van der Waals surface area contributed by atoms with Crippen LogP contribution in [0.25, 0.3) is 22.8 Å². The Morgan fingerprint density at radius 3 is 2.69 bits per heavy atom. The highest BCUT2D eigenvalue weighted by Crippen LogP contribution is 2.25. The number of ether oxygens (including phenoxy) is 1. The number of hydrogen-bond donors (Lipinski definition) is 4. The number of carbonyl (C=O) groups excluding carboxylic acids is 2. The number of carbonyl (C=O) groups is 2. The van der Waals surface area contributed by atoms with Gasteiger partial charge >= 0.3 is 5.76 Å². The zero-order valence-corrected chi connectivity index (χ0v) is 17.9. The fourth-order valence-corrected chi connectivity index (χ4v) is 3.61. The molecule has 1 fully saturated rings. The van der Waals surface area contributed by atoms with Gasteiger partial charge in [-0.15, -0.1) is 5.10 Å². The molecule has 0 saturated carbocycles. The minimum Gasteiger partial charge on any atom is -0.380 e. The molecule has 0 bridgehead atoms. The highest BCUT2D eigenvalue weighted by atomic mass is 16.5. The van der Waals surface area contributed by atoms with Gasteiger partial charge < -0.3 is 24.6 Å². The van der Waals surface area contributed by atoms with E-state index in [1.54, 1.807) is 48.5 Å². The minimum absolute atomic E-state index is 0.124. The summed E-state index contributed by atoms with van der Waals surface area (Å²) in [6.45, 7) is 0.368. The summed E-state index contributed by atoms with van der Waals surface area (Å²) in [6.07, 6.45) is -3.14. The van der Waals surface area contributed by atoms with Crippen molar-refractivity contribution < 1.29 is 24.0 Å². The zero-order chi connectivity index (χ0) is 24.4. The van der Waals surface area contributed by atoms with Crippen molar-refractivity contribution in [1.29, 1.82) is 0 Å². The van der Waals surface area contributed by atoms with Gasteiger partial charge in [0.2, 0.25) is 0 Å². The van der Waals surface area contributed by atoms with Crippen LogP contribution in [-0.2, 0) is 14.3 Å². The van der Waals surface area contributed by atoms with E-state index in [1.165, 1.54) is 4.90 Å². The number of aliphatic hydroxyl groups is 1. The van der Waals surface area contributed by atoms with E-state index in [2.05, 4.69) is 40.6 Å². The Balaban J connectivity index is 1.27. The lowest BCUT2D eigenvalue weighted by molar-refractivity contribution is -0.150. The van der Waals surface area contributed by atoms with Crippen LogP contribution in [0.1, 0.15) is 0 Å². The molecule has 3 heterocycles. The molecule has 4 aromatic rings. The molecule has 4 N–H and O–H groups in total. The topological polar surface area (TPSA) is 192 Å². The van der Waals surface area contributed by atoms with Crippen LogP contribution in [0.5, 0.6) is 0 Å². The summed E-state index contributed by atoms with van der Waals surface area (Å²) in [6, 6.07) is 13.3. The van der Waals surface area contributed by atoms with Gasteiger partial charge in [0.05, 0.1) is 6.61 Å². The molecule has 14 nitrogen and oxygen atoms in total. The summed E-state index contributed by atoms with van der Waals surface area (Å²) >= 11 is 0. The Morgan fingerprint density at radius 2 is 1.97 bits per heavy atom. The average Bonchev–Trinajstić information content (AvgIpc) is 3.57. The fraction of sp³-hybridized carbons (Fsp3) is 0.190. The highest BCUT2D eigenvalue weighted by Gasteiger charge is 2.39. The number of aromatic nitrogens is 6. The van der Waals surface area contributed by atoms with Crippen LogP contribution in [0.2, 0.25) is 0 Å². The number of H-pyrrole nitrogens is 2. The lowest BCUT2D eigenvalue weighted by Gasteiger charge is -2.34. The van der Waals surface area contributed by atoms with Crippen molar-refractivity contribution in [3.8, 4) is 22.8 Å². The first-order valence-corrected chi connectivity index (χ1v) is 10.4. The van der Waals surface area contributed by atoms with Crippen molar-refractivity contribution in [3.63, 3.8) is 0 Å². The van der Waals surface area contributed by atoms with Gasteiger partial charge in [-0.25, -0.2) is 9.89 Å². The molecule has 1 aliphatic rings. The van der Waals surface area contributed by atoms with E-state index >= 15 is 0 Å². The number of amides is 2. The number of hydrogen-bond acceptors (Lipinski definition) is 10. The Hall–Kier alpha value is -4.69. The Labute approximate surface area is 195 Å².